The van der Waals surface area contributed by atoms with Gasteiger partial charge in [-0.2, -0.15) is 23.1 Å². The lowest BCUT2D eigenvalue weighted by atomic mass is 9.79. The SMILES string of the molecule is CN(CCO)S(=O)(=O)Nc1ccc(F)c(Oc2ccc3ncc([C@@H]4COC5(CCN(C6CCC(c7cc8c(cc7F)c(N7CCC(=O)NC7=O)nn8C)CC6)CC5)C4)nc3c2)c1C#N. The molecule has 9 rings (SSSR count). The number of ether oxygens (including phenoxy) is 2. The van der Waals surface area contributed by atoms with E-state index in [1.54, 1.807) is 36.1 Å². The van der Waals surface area contributed by atoms with Crippen molar-refractivity contribution in [2.24, 2.45) is 7.05 Å². The first-order chi connectivity index (χ1) is 30.7. The number of anilines is 2. The molecule has 17 nitrogen and oxygen atoms in total. The van der Waals surface area contributed by atoms with Gasteiger partial charge in [-0.3, -0.25) is 29.4 Å². The van der Waals surface area contributed by atoms with Crippen LogP contribution in [0.5, 0.6) is 11.5 Å². The first-order valence-electron chi connectivity index (χ1n) is 21.4. The van der Waals surface area contributed by atoms with E-state index >= 15 is 8.78 Å². The minimum atomic E-state index is -4.16. The molecule has 3 aliphatic heterocycles. The van der Waals surface area contributed by atoms with Gasteiger partial charge in [0.05, 0.1) is 46.7 Å². The lowest BCUT2D eigenvalue weighted by molar-refractivity contribution is -0.120. The summed E-state index contributed by atoms with van der Waals surface area (Å²) in [6.07, 6.45) is 8.06. The number of hydrogen-bond acceptors (Lipinski definition) is 12. The number of nitriles is 1. The first kappa shape index (κ1) is 43.4. The highest BCUT2D eigenvalue weighted by Crippen LogP contribution is 2.45. The van der Waals surface area contributed by atoms with E-state index in [-0.39, 0.29) is 65.7 Å². The van der Waals surface area contributed by atoms with Gasteiger partial charge >= 0.3 is 16.2 Å². The standard InChI is InChI=1S/C44H48F2N10O7S/c1-53(17-18-57)64(60,61)52-35-10-8-33(45)41(32(35)23-47)63-29-7-9-36-37(19-29)49-38(24-48-36)27-22-44(62-25-27)12-15-55(16-13-44)28-5-3-26(4-6-28)30-21-39-31(20-34(30)46)42(51-54(39)2)56-14-11-40(58)50-43(56)59/h7-10,19-21,24,26-28,52,57H,3-6,11-18,22,25H2,1-2H3,(H,50,58,59)/t26?,27-,28?/m0/s1. The predicted molar refractivity (Wildman–Crippen MR) is 231 cm³/mol. The third kappa shape index (κ3) is 8.33. The number of imide groups is 1. The van der Waals surface area contributed by atoms with Gasteiger partial charge in [0.1, 0.15) is 23.2 Å². The summed E-state index contributed by atoms with van der Waals surface area (Å²) in [6, 6.07) is 12.0. The maximum absolute atomic E-state index is 15.8. The van der Waals surface area contributed by atoms with Crippen molar-refractivity contribution in [1.29, 1.82) is 5.26 Å². The molecule has 1 saturated carbocycles. The van der Waals surface area contributed by atoms with Crippen LogP contribution < -0.4 is 19.7 Å². The highest BCUT2D eigenvalue weighted by molar-refractivity contribution is 7.90. The Hall–Kier alpha value is -5.85. The monoisotopic (exact) mass is 898 g/mol. The van der Waals surface area contributed by atoms with Crippen molar-refractivity contribution in [1.82, 2.24) is 34.3 Å². The van der Waals surface area contributed by atoms with Gasteiger partial charge < -0.3 is 19.5 Å². The largest absolute Gasteiger partial charge is 0.453 e. The van der Waals surface area contributed by atoms with Crippen LogP contribution in [0.1, 0.15) is 80.0 Å². The Morgan fingerprint density at radius 2 is 1.83 bits per heavy atom. The molecule has 5 aromatic rings. The molecule has 3 aromatic carbocycles. The number of rotatable bonds is 11. The Labute approximate surface area is 368 Å². The molecule has 4 aliphatic rings. The number of carbonyl (C=O) groups excluding carboxylic acids is 2. The summed E-state index contributed by atoms with van der Waals surface area (Å²) in [7, 11) is -1.12. The highest BCUT2D eigenvalue weighted by Gasteiger charge is 2.45. The van der Waals surface area contributed by atoms with Gasteiger partial charge in [-0.1, -0.05) is 0 Å². The molecule has 3 N–H and O–H groups in total. The molecule has 3 saturated heterocycles. The van der Waals surface area contributed by atoms with Crippen LogP contribution in [0.25, 0.3) is 21.9 Å². The number of halogens is 2. The fourth-order valence-electron chi connectivity index (χ4n) is 9.70. The molecule has 5 heterocycles. The van der Waals surface area contributed by atoms with Crippen LogP contribution in [-0.4, -0.2) is 112 Å². The Bertz CT molecular complexity index is 2800. The number of nitrogens with zero attached hydrogens (tertiary/aromatic N) is 8. The molecule has 3 amide bonds. The fraction of sp³-hybridized carbons (Fsp3) is 0.455. The van der Waals surface area contributed by atoms with Gasteiger partial charge in [-0.05, 0) is 92.8 Å². The topological polar surface area (TPSA) is 208 Å². The third-order valence-corrected chi connectivity index (χ3v) is 14.8. The van der Waals surface area contributed by atoms with Crippen molar-refractivity contribution < 1.29 is 41.4 Å². The van der Waals surface area contributed by atoms with E-state index in [1.165, 1.54) is 18.0 Å². The predicted octanol–water partition coefficient (Wildman–Crippen LogP) is 5.55. The number of likely N-dealkylation sites (N-methyl/N-ethyl adjacent to an activating group) is 1. The van der Waals surface area contributed by atoms with Crippen LogP contribution in [0.3, 0.4) is 0 Å². The fourth-order valence-corrected chi connectivity index (χ4v) is 10.6. The number of fused-ring (bicyclic) bond motifs is 2. The number of likely N-dealkylation sites (tertiary alicyclic amines) is 1. The minimum absolute atomic E-state index is 0.00344. The van der Waals surface area contributed by atoms with E-state index in [4.69, 9.17) is 14.5 Å². The van der Waals surface area contributed by atoms with Crippen molar-refractivity contribution >= 4 is 55.6 Å². The maximum atomic E-state index is 15.8. The number of aliphatic hydroxyl groups excluding tert-OH is 1. The van der Waals surface area contributed by atoms with Crippen LogP contribution in [0.2, 0.25) is 0 Å². The summed E-state index contributed by atoms with van der Waals surface area (Å²) in [5.41, 5.74) is 2.43. The normalized spacial score (nSPS) is 21.8. The van der Waals surface area contributed by atoms with Crippen molar-refractivity contribution in [3.05, 3.63) is 77.1 Å². The smallest absolute Gasteiger partial charge is 0.329 e. The van der Waals surface area contributed by atoms with Crippen LogP contribution >= 0.6 is 0 Å². The average molecular weight is 899 g/mol. The quantitative estimate of drug-likeness (QED) is 0.149. The molecule has 0 radical (unpaired) electrons. The van der Waals surface area contributed by atoms with Crippen LogP contribution in [-0.2, 0) is 26.8 Å². The second kappa shape index (κ2) is 17.3. The number of piperidine rings is 1. The second-order valence-corrected chi connectivity index (χ2v) is 18.9. The lowest BCUT2D eigenvalue weighted by Crippen LogP contribution is -2.49. The molecule has 64 heavy (non-hydrogen) atoms. The molecular weight excluding hydrogens is 851 g/mol. The van der Waals surface area contributed by atoms with E-state index in [9.17, 15) is 28.4 Å². The Kier molecular flexibility index (Phi) is 11.7. The number of carbonyl (C=O) groups is 2. The molecule has 1 atom stereocenters. The summed E-state index contributed by atoms with van der Waals surface area (Å²) < 4.78 is 73.6. The molecule has 4 fully saturated rings. The van der Waals surface area contributed by atoms with Crippen LogP contribution in [0, 0.1) is 23.0 Å². The summed E-state index contributed by atoms with van der Waals surface area (Å²) in [4.78, 5) is 37.7. The molecule has 336 valence electrons. The Balaban J connectivity index is 0.816. The Morgan fingerprint density at radius 1 is 1.05 bits per heavy atom. The van der Waals surface area contributed by atoms with Gasteiger partial charge in [0.2, 0.25) is 5.91 Å². The zero-order valence-corrected chi connectivity index (χ0v) is 36.2. The van der Waals surface area contributed by atoms with Crippen LogP contribution in [0.4, 0.5) is 25.1 Å². The number of urea groups is 1. The maximum Gasteiger partial charge on any atom is 0.329 e. The molecular formula is C44H48F2N10O7S. The number of aromatic nitrogens is 4. The second-order valence-electron chi connectivity index (χ2n) is 17.1. The first-order valence-corrected chi connectivity index (χ1v) is 22.9. The van der Waals surface area contributed by atoms with E-state index in [1.807, 2.05) is 12.1 Å². The van der Waals surface area contributed by atoms with Gasteiger partial charge in [0.25, 0.3) is 0 Å². The highest BCUT2D eigenvalue weighted by atomic mass is 32.2. The number of amides is 3. The van der Waals surface area contributed by atoms with Crippen LogP contribution in [0.15, 0.2) is 48.7 Å². The van der Waals surface area contributed by atoms with E-state index in [0.717, 1.165) is 85.7 Å². The van der Waals surface area contributed by atoms with Crippen molar-refractivity contribution in [2.75, 3.05) is 56.1 Å². The molecule has 2 aromatic heterocycles. The van der Waals surface area contributed by atoms with E-state index < -0.39 is 34.4 Å². The average Bonchev–Trinajstić information content (AvgIpc) is 3.84. The number of nitrogens with one attached hydrogen (secondary N) is 2. The van der Waals surface area contributed by atoms with E-state index in [2.05, 4.69) is 25.0 Å². The van der Waals surface area contributed by atoms with Gasteiger partial charge in [-0.25, -0.2) is 18.6 Å². The Morgan fingerprint density at radius 3 is 2.56 bits per heavy atom. The molecule has 0 unspecified atom stereocenters. The third-order valence-electron chi connectivity index (χ3n) is 13.3. The molecule has 0 bridgehead atoms. The molecule has 1 aliphatic carbocycles. The van der Waals surface area contributed by atoms with Gasteiger partial charge in [0, 0.05) is 76.3 Å². The summed E-state index contributed by atoms with van der Waals surface area (Å²) in [5.74, 6) is -1.39. The zero-order chi connectivity index (χ0) is 44.9. The van der Waals surface area contributed by atoms with Crippen molar-refractivity contribution in [3.63, 3.8) is 0 Å². The molecule has 1 spiro atoms. The number of hydrogen-bond donors (Lipinski definition) is 3. The minimum Gasteiger partial charge on any atom is -0.453 e. The summed E-state index contributed by atoms with van der Waals surface area (Å²) in [5, 5.41) is 26.5. The molecule has 20 heteroatoms. The summed E-state index contributed by atoms with van der Waals surface area (Å²) in [6.45, 7) is 1.86. The number of aliphatic hydroxyl groups is 1. The van der Waals surface area contributed by atoms with Crippen molar-refractivity contribution in [2.45, 2.75) is 74.8 Å². The zero-order valence-electron chi connectivity index (χ0n) is 35.4. The lowest BCUT2D eigenvalue weighted by Gasteiger charge is -2.44. The summed E-state index contributed by atoms with van der Waals surface area (Å²) >= 11 is 0. The van der Waals surface area contributed by atoms with Gasteiger partial charge in [0.15, 0.2) is 17.4 Å². The van der Waals surface area contributed by atoms with Crippen molar-refractivity contribution in [3.8, 4) is 17.6 Å². The van der Waals surface area contributed by atoms with Gasteiger partial charge in [-0.15, -0.1) is 0 Å². The van der Waals surface area contributed by atoms with E-state index in [0.29, 0.717) is 40.4 Å². The number of aryl methyl sites for hydroxylation is 1. The number of benzene rings is 3.